The quantitative estimate of drug-likeness (QED) is 0.709. The van der Waals surface area contributed by atoms with E-state index in [0.29, 0.717) is 13.2 Å². The lowest BCUT2D eigenvalue weighted by Gasteiger charge is -2.26. The molecule has 29 heavy (non-hydrogen) atoms. The number of rotatable bonds is 7. The number of halogens is 1. The molecule has 0 aromatic heterocycles. The topological polar surface area (TPSA) is 94.2 Å². The maximum Gasteiger partial charge on any atom is 0.253 e. The molecule has 1 amide bonds. The predicted molar refractivity (Wildman–Crippen MR) is 104 cm³/mol. The Hall–Kier alpha value is -1.59. The summed E-state index contributed by atoms with van der Waals surface area (Å²) < 4.78 is 57.2. The molecule has 1 aromatic rings. The molecular formula is C19H27FN2O6S. The summed E-state index contributed by atoms with van der Waals surface area (Å²) in [6.07, 6.45) is 2.23. The van der Waals surface area contributed by atoms with Crippen molar-refractivity contribution in [2.75, 3.05) is 44.8 Å². The zero-order chi connectivity index (χ0) is 20.9. The standard InChI is InChI=1S/C19H27FN2O6S/c1-14(28-13-16-4-2-3-9-27-16)19(23)21-15-5-6-17(20)18(12-15)29(24,25)22-7-10-26-11-8-22/h5-6,12,14,16H,2-4,7-11,13H2,1H3,(H,21,23). The van der Waals surface area contributed by atoms with Crippen LogP contribution < -0.4 is 5.32 Å². The first-order valence-electron chi connectivity index (χ1n) is 9.79. The fourth-order valence-electron chi connectivity index (χ4n) is 3.21. The van der Waals surface area contributed by atoms with E-state index in [4.69, 9.17) is 14.2 Å². The summed E-state index contributed by atoms with van der Waals surface area (Å²) >= 11 is 0. The van der Waals surface area contributed by atoms with E-state index in [9.17, 15) is 17.6 Å². The number of ether oxygens (including phenoxy) is 3. The second-order valence-electron chi connectivity index (χ2n) is 7.12. The maximum absolute atomic E-state index is 14.3. The zero-order valence-corrected chi connectivity index (χ0v) is 17.3. The third-order valence-corrected chi connectivity index (χ3v) is 6.88. The Morgan fingerprint density at radius 3 is 2.76 bits per heavy atom. The number of morpholine rings is 1. The number of benzene rings is 1. The highest BCUT2D eigenvalue weighted by molar-refractivity contribution is 7.89. The Bertz CT molecular complexity index is 807. The van der Waals surface area contributed by atoms with Crippen LogP contribution in [0, 0.1) is 5.82 Å². The number of amides is 1. The van der Waals surface area contributed by atoms with Gasteiger partial charge < -0.3 is 19.5 Å². The van der Waals surface area contributed by atoms with Gasteiger partial charge in [0, 0.05) is 25.4 Å². The summed E-state index contributed by atoms with van der Waals surface area (Å²) in [7, 11) is -4.02. The second-order valence-corrected chi connectivity index (χ2v) is 9.02. The Labute approximate surface area is 170 Å². The van der Waals surface area contributed by atoms with Gasteiger partial charge in [-0.15, -0.1) is 0 Å². The lowest BCUT2D eigenvalue weighted by atomic mass is 10.1. The molecule has 10 heteroatoms. The van der Waals surface area contributed by atoms with Gasteiger partial charge in [-0.2, -0.15) is 4.31 Å². The number of sulfonamides is 1. The summed E-state index contributed by atoms with van der Waals surface area (Å²) in [5.41, 5.74) is 0.188. The first-order chi connectivity index (χ1) is 13.9. The molecule has 0 bridgehead atoms. The third-order valence-electron chi connectivity index (χ3n) is 4.96. The van der Waals surface area contributed by atoms with Gasteiger partial charge >= 0.3 is 0 Å². The van der Waals surface area contributed by atoms with E-state index in [1.54, 1.807) is 6.92 Å². The zero-order valence-electron chi connectivity index (χ0n) is 16.4. The molecule has 2 aliphatic rings. The van der Waals surface area contributed by atoms with Crippen LogP contribution in [0.2, 0.25) is 0 Å². The average molecular weight is 430 g/mol. The monoisotopic (exact) mass is 430 g/mol. The molecule has 2 aliphatic heterocycles. The van der Waals surface area contributed by atoms with Gasteiger partial charge in [0.15, 0.2) is 0 Å². The number of nitrogens with one attached hydrogen (secondary N) is 1. The van der Waals surface area contributed by atoms with E-state index in [1.807, 2.05) is 0 Å². The van der Waals surface area contributed by atoms with Gasteiger partial charge in [-0.25, -0.2) is 12.8 Å². The van der Waals surface area contributed by atoms with Crippen LogP contribution in [0.4, 0.5) is 10.1 Å². The first-order valence-corrected chi connectivity index (χ1v) is 11.2. The minimum absolute atomic E-state index is 0.0184. The fraction of sp³-hybridized carbons (Fsp3) is 0.632. The van der Waals surface area contributed by atoms with Crippen molar-refractivity contribution in [2.45, 2.75) is 43.3 Å². The molecule has 0 spiro atoms. The molecule has 2 unspecified atom stereocenters. The van der Waals surface area contributed by atoms with E-state index in [-0.39, 0.29) is 38.1 Å². The molecular weight excluding hydrogens is 403 g/mol. The van der Waals surface area contributed by atoms with Crippen molar-refractivity contribution in [3.63, 3.8) is 0 Å². The summed E-state index contributed by atoms with van der Waals surface area (Å²) in [6, 6.07) is 3.49. The minimum atomic E-state index is -4.02. The molecule has 162 valence electrons. The highest BCUT2D eigenvalue weighted by Crippen LogP contribution is 2.24. The minimum Gasteiger partial charge on any atom is -0.379 e. The summed E-state index contributed by atoms with van der Waals surface area (Å²) in [6.45, 7) is 3.46. The highest BCUT2D eigenvalue weighted by atomic mass is 32.2. The van der Waals surface area contributed by atoms with E-state index in [2.05, 4.69) is 5.32 Å². The Balaban J connectivity index is 1.63. The van der Waals surface area contributed by atoms with E-state index in [1.165, 1.54) is 10.4 Å². The highest BCUT2D eigenvalue weighted by Gasteiger charge is 2.29. The number of carbonyl (C=O) groups excluding carboxylic acids is 1. The molecule has 0 saturated carbocycles. The number of carbonyl (C=O) groups is 1. The average Bonchev–Trinajstić information content (AvgIpc) is 2.74. The van der Waals surface area contributed by atoms with Crippen LogP contribution in [0.15, 0.2) is 23.1 Å². The number of hydrogen-bond acceptors (Lipinski definition) is 6. The van der Waals surface area contributed by atoms with Crippen LogP contribution in [0.3, 0.4) is 0 Å². The predicted octanol–water partition coefficient (Wildman–Crippen LogP) is 1.76. The lowest BCUT2D eigenvalue weighted by Crippen LogP contribution is -2.41. The molecule has 1 N–H and O–H groups in total. The molecule has 8 nitrogen and oxygen atoms in total. The molecule has 0 radical (unpaired) electrons. The number of hydrogen-bond donors (Lipinski definition) is 1. The normalized spacial score (nSPS) is 22.2. The van der Waals surface area contributed by atoms with E-state index >= 15 is 0 Å². The van der Waals surface area contributed by atoms with Gasteiger partial charge in [0.2, 0.25) is 10.0 Å². The van der Waals surface area contributed by atoms with Crippen LogP contribution in [-0.4, -0.2) is 70.4 Å². The Morgan fingerprint density at radius 2 is 2.07 bits per heavy atom. The van der Waals surface area contributed by atoms with Crippen molar-refractivity contribution in [3.05, 3.63) is 24.0 Å². The summed E-state index contributed by atoms with van der Waals surface area (Å²) in [5.74, 6) is -1.31. The lowest BCUT2D eigenvalue weighted by molar-refractivity contribution is -0.130. The van der Waals surface area contributed by atoms with Crippen LogP contribution >= 0.6 is 0 Å². The van der Waals surface area contributed by atoms with Crippen molar-refractivity contribution >= 4 is 21.6 Å². The summed E-state index contributed by atoms with van der Waals surface area (Å²) in [5, 5.41) is 2.59. The second kappa shape index (κ2) is 9.94. The van der Waals surface area contributed by atoms with Crippen LogP contribution in [0.1, 0.15) is 26.2 Å². The Kier molecular flexibility index (Phi) is 7.58. The molecule has 2 saturated heterocycles. The molecule has 2 heterocycles. The van der Waals surface area contributed by atoms with Gasteiger partial charge in [0.05, 0.1) is 25.9 Å². The SMILES string of the molecule is CC(OCC1CCCCO1)C(=O)Nc1ccc(F)c(S(=O)(=O)N2CCOCC2)c1. The van der Waals surface area contributed by atoms with Gasteiger partial charge in [-0.3, -0.25) is 4.79 Å². The molecule has 2 fully saturated rings. The first kappa shape index (κ1) is 22.1. The van der Waals surface area contributed by atoms with Gasteiger partial charge in [-0.05, 0) is 44.4 Å². The van der Waals surface area contributed by atoms with Crippen molar-refractivity contribution in [2.24, 2.45) is 0 Å². The van der Waals surface area contributed by atoms with Crippen molar-refractivity contribution in [1.29, 1.82) is 0 Å². The van der Waals surface area contributed by atoms with Crippen molar-refractivity contribution in [3.8, 4) is 0 Å². The largest absolute Gasteiger partial charge is 0.379 e. The van der Waals surface area contributed by atoms with E-state index in [0.717, 1.165) is 31.4 Å². The van der Waals surface area contributed by atoms with Crippen LogP contribution in [0.5, 0.6) is 0 Å². The molecule has 3 rings (SSSR count). The van der Waals surface area contributed by atoms with Gasteiger partial charge in [0.1, 0.15) is 16.8 Å². The molecule has 1 aromatic carbocycles. The maximum atomic E-state index is 14.3. The smallest absolute Gasteiger partial charge is 0.253 e. The Morgan fingerprint density at radius 1 is 1.31 bits per heavy atom. The van der Waals surface area contributed by atoms with Crippen LogP contribution in [0.25, 0.3) is 0 Å². The van der Waals surface area contributed by atoms with Gasteiger partial charge in [-0.1, -0.05) is 0 Å². The van der Waals surface area contributed by atoms with Crippen LogP contribution in [-0.2, 0) is 29.0 Å². The number of anilines is 1. The fourth-order valence-corrected chi connectivity index (χ4v) is 4.71. The van der Waals surface area contributed by atoms with E-state index < -0.39 is 32.7 Å². The van der Waals surface area contributed by atoms with Crippen molar-refractivity contribution in [1.82, 2.24) is 4.31 Å². The summed E-state index contributed by atoms with van der Waals surface area (Å²) in [4.78, 5) is 11.9. The molecule has 0 aliphatic carbocycles. The molecule has 2 atom stereocenters. The third kappa shape index (κ3) is 5.73. The van der Waals surface area contributed by atoms with Crippen molar-refractivity contribution < 1.29 is 31.8 Å². The number of nitrogens with zero attached hydrogens (tertiary/aromatic N) is 1. The van der Waals surface area contributed by atoms with Gasteiger partial charge in [0.25, 0.3) is 5.91 Å².